The van der Waals surface area contributed by atoms with Gasteiger partial charge in [0.1, 0.15) is 5.84 Å². The van der Waals surface area contributed by atoms with Crippen LogP contribution in [-0.4, -0.2) is 48.0 Å². The van der Waals surface area contributed by atoms with Gasteiger partial charge in [-0.25, -0.2) is 9.79 Å². The largest absolute Gasteiger partial charge is 0.351 e. The predicted octanol–water partition coefficient (Wildman–Crippen LogP) is 4.13. The molecule has 2 aromatic carbocycles. The minimum absolute atomic E-state index is 0.0927. The molecule has 3 amide bonds. The van der Waals surface area contributed by atoms with Crippen molar-refractivity contribution in [1.82, 2.24) is 10.2 Å². The number of fused-ring (bicyclic) bond motifs is 1. The van der Waals surface area contributed by atoms with Gasteiger partial charge in [0, 0.05) is 30.4 Å². The van der Waals surface area contributed by atoms with Gasteiger partial charge in [-0.05, 0) is 69.9 Å². The maximum absolute atomic E-state index is 13.3. The summed E-state index contributed by atoms with van der Waals surface area (Å²) < 4.78 is 0. The van der Waals surface area contributed by atoms with Crippen molar-refractivity contribution in [1.29, 1.82) is 0 Å². The molecule has 2 aromatic rings. The number of aryl methyl sites for hydroxylation is 1. The standard InChI is InChI=1S/C25H31N5O2/c1-17-10-9-11-18(16-17)26-24(32)28-21-23(31)29(4)20-13-6-5-12-19(20)22(27-21)30-15-8-7-14-25(30,2)3/h5-6,9-13,16,21H,7-8,14-15H2,1-4H3,(H2,26,28,32)/t21-/m0/s1. The number of likely N-dealkylation sites (N-methyl/N-ethyl adjacent to an activating group) is 1. The van der Waals surface area contributed by atoms with Crippen LogP contribution in [0.2, 0.25) is 0 Å². The maximum atomic E-state index is 13.3. The van der Waals surface area contributed by atoms with Crippen molar-refractivity contribution < 1.29 is 9.59 Å². The van der Waals surface area contributed by atoms with Gasteiger partial charge >= 0.3 is 6.03 Å². The molecule has 2 aliphatic heterocycles. The molecule has 32 heavy (non-hydrogen) atoms. The molecule has 0 aliphatic carbocycles. The second kappa shape index (κ2) is 8.65. The third-order valence-electron chi connectivity index (χ3n) is 6.27. The van der Waals surface area contributed by atoms with E-state index in [1.807, 2.05) is 55.5 Å². The first kappa shape index (κ1) is 21.9. The Bertz CT molecular complexity index is 1060. The van der Waals surface area contributed by atoms with Gasteiger partial charge in [0.15, 0.2) is 0 Å². The molecule has 0 saturated carbocycles. The minimum Gasteiger partial charge on any atom is -0.351 e. The molecule has 7 heteroatoms. The average Bonchev–Trinajstić information content (AvgIpc) is 2.84. The van der Waals surface area contributed by atoms with Crippen molar-refractivity contribution in [3.8, 4) is 0 Å². The number of hydrogen-bond acceptors (Lipinski definition) is 4. The lowest BCUT2D eigenvalue weighted by atomic mass is 9.89. The molecule has 0 unspecified atom stereocenters. The van der Waals surface area contributed by atoms with Crippen LogP contribution in [0.3, 0.4) is 0 Å². The van der Waals surface area contributed by atoms with Crippen molar-refractivity contribution in [2.75, 3.05) is 23.8 Å². The van der Waals surface area contributed by atoms with Crippen LogP contribution >= 0.6 is 0 Å². The molecule has 1 fully saturated rings. The normalized spacial score (nSPS) is 20.2. The number of carbonyl (C=O) groups excluding carboxylic acids is 2. The second-order valence-electron chi connectivity index (χ2n) is 9.16. The fourth-order valence-electron chi connectivity index (χ4n) is 4.49. The minimum atomic E-state index is -1.02. The van der Waals surface area contributed by atoms with Gasteiger partial charge in [-0.15, -0.1) is 0 Å². The van der Waals surface area contributed by atoms with Crippen LogP contribution in [0.15, 0.2) is 53.5 Å². The van der Waals surface area contributed by atoms with Crippen LogP contribution in [0.4, 0.5) is 16.2 Å². The Morgan fingerprint density at radius 2 is 1.91 bits per heavy atom. The summed E-state index contributed by atoms with van der Waals surface area (Å²) in [5, 5.41) is 5.60. The molecule has 4 rings (SSSR count). The number of amidine groups is 1. The lowest BCUT2D eigenvalue weighted by Gasteiger charge is -2.44. The molecule has 0 spiro atoms. The lowest BCUT2D eigenvalue weighted by Crippen LogP contribution is -2.52. The average molecular weight is 434 g/mol. The Morgan fingerprint density at radius 3 is 2.66 bits per heavy atom. The van der Waals surface area contributed by atoms with Gasteiger partial charge < -0.3 is 20.4 Å². The van der Waals surface area contributed by atoms with E-state index in [1.54, 1.807) is 11.9 Å². The predicted molar refractivity (Wildman–Crippen MR) is 128 cm³/mol. The van der Waals surface area contributed by atoms with Gasteiger partial charge in [-0.3, -0.25) is 4.79 Å². The molecule has 2 N–H and O–H groups in total. The number of piperidine rings is 1. The van der Waals surface area contributed by atoms with Gasteiger partial charge in [-0.1, -0.05) is 24.3 Å². The lowest BCUT2D eigenvalue weighted by molar-refractivity contribution is -0.119. The molecule has 2 aliphatic rings. The van der Waals surface area contributed by atoms with Crippen LogP contribution in [0.25, 0.3) is 0 Å². The van der Waals surface area contributed by atoms with E-state index in [-0.39, 0.29) is 11.4 Å². The SMILES string of the molecule is Cc1cccc(NC(=O)N[C@@H]2N=C(N3CCCCC3(C)C)c3ccccc3N(C)C2=O)c1. The van der Waals surface area contributed by atoms with Crippen LogP contribution < -0.4 is 15.5 Å². The number of anilines is 2. The van der Waals surface area contributed by atoms with Crippen molar-refractivity contribution in [2.45, 2.75) is 51.7 Å². The topological polar surface area (TPSA) is 77.0 Å². The highest BCUT2D eigenvalue weighted by atomic mass is 16.2. The molecule has 168 valence electrons. The zero-order chi connectivity index (χ0) is 22.9. The van der Waals surface area contributed by atoms with Crippen molar-refractivity contribution >= 4 is 29.1 Å². The summed E-state index contributed by atoms with van der Waals surface area (Å²) >= 11 is 0. The Morgan fingerprint density at radius 1 is 1.12 bits per heavy atom. The van der Waals surface area contributed by atoms with Gasteiger partial charge in [0.2, 0.25) is 6.17 Å². The first-order chi connectivity index (χ1) is 15.3. The van der Waals surface area contributed by atoms with Gasteiger partial charge in [0.05, 0.1) is 5.69 Å². The van der Waals surface area contributed by atoms with E-state index >= 15 is 0 Å². The summed E-state index contributed by atoms with van der Waals surface area (Å²) in [7, 11) is 1.73. The number of urea groups is 1. The molecule has 0 bridgehead atoms. The number of benzene rings is 2. The number of nitrogens with zero attached hydrogens (tertiary/aromatic N) is 3. The van der Waals surface area contributed by atoms with Crippen LogP contribution in [0.5, 0.6) is 0 Å². The monoisotopic (exact) mass is 433 g/mol. The summed E-state index contributed by atoms with van der Waals surface area (Å²) in [4.78, 5) is 34.8. The van der Waals surface area contributed by atoms with Crippen LogP contribution in [0, 0.1) is 6.92 Å². The molecule has 1 atom stereocenters. The summed E-state index contributed by atoms with van der Waals surface area (Å²) in [6, 6.07) is 14.9. The molecule has 0 radical (unpaired) electrons. The van der Waals surface area contributed by atoms with E-state index in [0.29, 0.717) is 5.69 Å². The van der Waals surface area contributed by atoms with Crippen molar-refractivity contribution in [2.24, 2.45) is 4.99 Å². The number of nitrogens with one attached hydrogen (secondary N) is 2. The second-order valence-corrected chi connectivity index (χ2v) is 9.16. The molecular formula is C25H31N5O2. The summed E-state index contributed by atoms with van der Waals surface area (Å²) in [6.07, 6.45) is 2.26. The maximum Gasteiger partial charge on any atom is 0.321 e. The smallest absolute Gasteiger partial charge is 0.321 e. The number of rotatable bonds is 2. The number of aliphatic imine (C=N–C) groups is 1. The number of likely N-dealkylation sites (tertiary alicyclic amines) is 1. The molecular weight excluding hydrogens is 402 g/mol. The summed E-state index contributed by atoms with van der Waals surface area (Å²) in [5.74, 6) is 0.477. The number of carbonyl (C=O) groups is 2. The van der Waals surface area contributed by atoms with Gasteiger partial charge in [0.25, 0.3) is 5.91 Å². The number of para-hydroxylation sites is 1. The quantitative estimate of drug-likeness (QED) is 0.748. The van der Waals surface area contributed by atoms with Crippen molar-refractivity contribution in [3.05, 3.63) is 59.7 Å². The molecule has 7 nitrogen and oxygen atoms in total. The van der Waals surface area contributed by atoms with Crippen LogP contribution in [0.1, 0.15) is 44.2 Å². The van der Waals surface area contributed by atoms with E-state index in [1.165, 1.54) is 0 Å². The molecule has 2 heterocycles. The van der Waals surface area contributed by atoms with Crippen LogP contribution in [-0.2, 0) is 4.79 Å². The highest BCUT2D eigenvalue weighted by molar-refractivity contribution is 6.12. The number of benzodiazepines with no additional fused rings is 1. The fraction of sp³-hybridized carbons (Fsp3) is 0.400. The first-order valence-electron chi connectivity index (χ1n) is 11.1. The molecule has 0 aromatic heterocycles. The Labute approximate surface area is 189 Å². The first-order valence-corrected chi connectivity index (χ1v) is 11.1. The van der Waals surface area contributed by atoms with Crippen molar-refractivity contribution in [3.63, 3.8) is 0 Å². The Kier molecular flexibility index (Phi) is 5.91. The highest BCUT2D eigenvalue weighted by Crippen LogP contribution is 2.33. The number of hydrogen-bond donors (Lipinski definition) is 2. The Balaban J connectivity index is 1.69. The summed E-state index contributed by atoms with van der Waals surface area (Å²) in [5.41, 5.74) is 3.31. The molecule has 1 saturated heterocycles. The van der Waals surface area contributed by atoms with E-state index in [0.717, 1.165) is 48.5 Å². The third-order valence-corrected chi connectivity index (χ3v) is 6.27. The van der Waals surface area contributed by atoms with E-state index < -0.39 is 12.2 Å². The summed E-state index contributed by atoms with van der Waals surface area (Å²) in [6.45, 7) is 7.24. The number of amides is 3. The third kappa shape index (κ3) is 4.33. The Hall–Kier alpha value is -3.35. The van der Waals surface area contributed by atoms with E-state index in [9.17, 15) is 9.59 Å². The van der Waals surface area contributed by atoms with E-state index in [2.05, 4.69) is 29.4 Å². The zero-order valence-electron chi connectivity index (χ0n) is 19.2. The van der Waals surface area contributed by atoms with E-state index in [4.69, 9.17) is 4.99 Å². The zero-order valence-corrected chi connectivity index (χ0v) is 19.2. The fourth-order valence-corrected chi connectivity index (χ4v) is 4.49. The van der Waals surface area contributed by atoms with Gasteiger partial charge in [-0.2, -0.15) is 0 Å². The highest BCUT2D eigenvalue weighted by Gasteiger charge is 2.37.